The molecule has 3 rings (SSSR count). The average molecular weight is 393 g/mol. The molecule has 0 saturated carbocycles. The number of ether oxygens (including phenoxy) is 1. The van der Waals surface area contributed by atoms with Gasteiger partial charge < -0.3 is 14.5 Å². The summed E-state index contributed by atoms with van der Waals surface area (Å²) in [5, 5.41) is 0. The van der Waals surface area contributed by atoms with Crippen LogP contribution in [-0.2, 0) is 19.1 Å². The zero-order valence-corrected chi connectivity index (χ0v) is 16.8. The van der Waals surface area contributed by atoms with Crippen LogP contribution in [0.25, 0.3) is 0 Å². The van der Waals surface area contributed by atoms with Crippen molar-refractivity contribution >= 4 is 29.5 Å². The monoisotopic (exact) mass is 392 g/mol. The number of fused-ring (bicyclic) bond motifs is 1. The number of esters is 1. The second-order valence-corrected chi connectivity index (χ2v) is 8.51. The molecule has 6 nitrogen and oxygen atoms in total. The molecule has 3 aliphatic rings. The van der Waals surface area contributed by atoms with Crippen molar-refractivity contribution in [3.8, 4) is 0 Å². The molecule has 0 radical (unpaired) electrons. The first kappa shape index (κ1) is 20.0. The lowest BCUT2D eigenvalue weighted by Gasteiger charge is -2.33. The summed E-state index contributed by atoms with van der Waals surface area (Å²) in [6, 6.07) is 0. The van der Waals surface area contributed by atoms with Gasteiger partial charge in [-0.3, -0.25) is 14.4 Å². The van der Waals surface area contributed by atoms with Crippen LogP contribution in [0.2, 0.25) is 0 Å². The van der Waals surface area contributed by atoms with Gasteiger partial charge in [-0.1, -0.05) is 18.6 Å². The smallest absolute Gasteiger partial charge is 0.318 e. The van der Waals surface area contributed by atoms with E-state index in [1.165, 1.54) is 7.11 Å². The molecule has 0 aromatic carbocycles. The molecule has 2 fully saturated rings. The quantitative estimate of drug-likeness (QED) is 0.530. The number of rotatable bonds is 5. The Bertz CT molecular complexity index is 656. The normalized spacial score (nSPS) is 28.3. The van der Waals surface area contributed by atoms with E-state index < -0.39 is 17.3 Å². The Balaban J connectivity index is 1.97. The molecule has 0 aromatic rings. The van der Waals surface area contributed by atoms with Gasteiger partial charge in [0.05, 0.1) is 13.0 Å². The van der Waals surface area contributed by atoms with Gasteiger partial charge in [0.25, 0.3) is 0 Å². The average Bonchev–Trinajstić information content (AvgIpc) is 2.84. The molecule has 0 aromatic heterocycles. The van der Waals surface area contributed by atoms with E-state index in [0.29, 0.717) is 31.8 Å². The fourth-order valence-corrected chi connectivity index (χ4v) is 5.45. The Morgan fingerprint density at radius 3 is 2.78 bits per heavy atom. The summed E-state index contributed by atoms with van der Waals surface area (Å²) in [7, 11) is 1.36. The first-order chi connectivity index (χ1) is 13.1. The largest absolute Gasteiger partial charge is 0.468 e. The summed E-state index contributed by atoms with van der Waals surface area (Å²) >= 11 is 1.83. The topological polar surface area (TPSA) is 66.9 Å². The molecule has 7 heteroatoms. The lowest BCUT2D eigenvalue weighted by molar-refractivity contribution is -0.156. The molecule has 27 heavy (non-hydrogen) atoms. The van der Waals surface area contributed by atoms with E-state index in [0.717, 1.165) is 30.8 Å². The van der Waals surface area contributed by atoms with Crippen molar-refractivity contribution < 1.29 is 19.1 Å². The standard InChI is InChI=1S/C20H28N2O4S/c1-3-9-22-16-7-5-4-6-8-20(16,19(25)26-2)15(18(22)24)14-17(23)21-10-12-27-13-11-21/h3,7,15H,1,4-6,8-14H2,2H3/t15-,20-/m1/s1. The maximum atomic E-state index is 13.3. The number of likely N-dealkylation sites (tertiary alicyclic amines) is 1. The van der Waals surface area contributed by atoms with Gasteiger partial charge in [0, 0.05) is 43.3 Å². The van der Waals surface area contributed by atoms with Gasteiger partial charge in [0.1, 0.15) is 5.41 Å². The SMILES string of the molecule is C=CCN1C(=O)[C@@H](CC(=O)N2CCSCC2)[C@]2(C(=O)OC)CCCCC=C12. The maximum Gasteiger partial charge on any atom is 0.318 e. The Morgan fingerprint density at radius 2 is 2.11 bits per heavy atom. The number of nitrogens with zero attached hydrogens (tertiary/aromatic N) is 2. The second-order valence-electron chi connectivity index (χ2n) is 7.29. The van der Waals surface area contributed by atoms with Crippen molar-refractivity contribution in [1.82, 2.24) is 9.80 Å². The summed E-state index contributed by atoms with van der Waals surface area (Å²) in [5.41, 5.74) is -0.338. The number of methoxy groups -OCH3 is 1. The fraction of sp³-hybridized carbons (Fsp3) is 0.650. The molecule has 148 valence electrons. The molecule has 0 unspecified atom stereocenters. The molecule has 1 aliphatic carbocycles. The number of amides is 2. The Labute approximate surface area is 165 Å². The van der Waals surface area contributed by atoms with E-state index >= 15 is 0 Å². The summed E-state index contributed by atoms with van der Waals surface area (Å²) in [6.07, 6.45) is 6.87. The molecule has 0 N–H and O–H groups in total. The Kier molecular flexibility index (Phi) is 6.29. The summed E-state index contributed by atoms with van der Waals surface area (Å²) in [6.45, 7) is 5.50. The van der Waals surface area contributed by atoms with Crippen LogP contribution in [0.4, 0.5) is 0 Å². The van der Waals surface area contributed by atoms with Crippen LogP contribution >= 0.6 is 11.8 Å². The molecule has 2 saturated heterocycles. The van der Waals surface area contributed by atoms with E-state index in [9.17, 15) is 14.4 Å². The van der Waals surface area contributed by atoms with Gasteiger partial charge in [0.15, 0.2) is 0 Å². The second kappa shape index (κ2) is 8.50. The van der Waals surface area contributed by atoms with Gasteiger partial charge in [-0.2, -0.15) is 11.8 Å². The van der Waals surface area contributed by atoms with Crippen LogP contribution in [0.15, 0.2) is 24.4 Å². The molecule has 2 atom stereocenters. The van der Waals surface area contributed by atoms with Crippen molar-refractivity contribution in [1.29, 1.82) is 0 Å². The predicted octanol–water partition coefficient (Wildman–Crippen LogP) is 2.21. The highest BCUT2D eigenvalue weighted by Crippen LogP contribution is 2.53. The molecule has 2 aliphatic heterocycles. The minimum atomic E-state index is -1.05. The van der Waals surface area contributed by atoms with Crippen LogP contribution in [0, 0.1) is 11.3 Å². The molecular formula is C20H28N2O4S. The summed E-state index contributed by atoms with van der Waals surface area (Å²) in [4.78, 5) is 42.7. The van der Waals surface area contributed by atoms with Crippen molar-refractivity contribution in [3.63, 3.8) is 0 Å². The first-order valence-electron chi connectivity index (χ1n) is 9.63. The van der Waals surface area contributed by atoms with Crippen LogP contribution in [0.3, 0.4) is 0 Å². The Hall–Kier alpha value is -1.76. The number of hydrogen-bond acceptors (Lipinski definition) is 5. The van der Waals surface area contributed by atoms with Crippen LogP contribution in [0.5, 0.6) is 0 Å². The number of carbonyl (C=O) groups excluding carboxylic acids is 3. The highest BCUT2D eigenvalue weighted by Gasteiger charge is 2.61. The minimum Gasteiger partial charge on any atom is -0.468 e. The van der Waals surface area contributed by atoms with E-state index in [1.54, 1.807) is 11.0 Å². The number of allylic oxidation sites excluding steroid dienone is 1. The lowest BCUT2D eigenvalue weighted by atomic mass is 9.71. The highest BCUT2D eigenvalue weighted by atomic mass is 32.2. The summed E-state index contributed by atoms with van der Waals surface area (Å²) in [5.74, 6) is 0.536. The third-order valence-electron chi connectivity index (χ3n) is 5.87. The molecule has 2 heterocycles. The first-order valence-corrected chi connectivity index (χ1v) is 10.8. The third-order valence-corrected chi connectivity index (χ3v) is 6.82. The summed E-state index contributed by atoms with van der Waals surface area (Å²) < 4.78 is 5.17. The maximum absolute atomic E-state index is 13.3. The van der Waals surface area contributed by atoms with E-state index in [-0.39, 0.29) is 18.2 Å². The van der Waals surface area contributed by atoms with Crippen LogP contribution in [0.1, 0.15) is 32.1 Å². The molecule has 0 spiro atoms. The van der Waals surface area contributed by atoms with Crippen molar-refractivity contribution in [2.24, 2.45) is 11.3 Å². The molecule has 0 bridgehead atoms. The lowest BCUT2D eigenvalue weighted by Crippen LogP contribution is -2.44. The van der Waals surface area contributed by atoms with Crippen molar-refractivity contribution in [3.05, 3.63) is 24.4 Å². The van der Waals surface area contributed by atoms with Gasteiger partial charge >= 0.3 is 5.97 Å². The number of thioether (sulfide) groups is 1. The van der Waals surface area contributed by atoms with Gasteiger partial charge in [0.2, 0.25) is 11.8 Å². The minimum absolute atomic E-state index is 0.0408. The molecule has 2 amide bonds. The van der Waals surface area contributed by atoms with Crippen LogP contribution in [-0.4, -0.2) is 65.8 Å². The van der Waals surface area contributed by atoms with Crippen LogP contribution < -0.4 is 0 Å². The third kappa shape index (κ3) is 3.53. The van der Waals surface area contributed by atoms with Crippen molar-refractivity contribution in [2.45, 2.75) is 32.1 Å². The van der Waals surface area contributed by atoms with E-state index in [1.807, 2.05) is 22.7 Å². The van der Waals surface area contributed by atoms with Gasteiger partial charge in [-0.15, -0.1) is 6.58 Å². The molecular weight excluding hydrogens is 364 g/mol. The van der Waals surface area contributed by atoms with Gasteiger partial charge in [-0.05, 0) is 19.3 Å². The number of carbonyl (C=O) groups is 3. The highest BCUT2D eigenvalue weighted by molar-refractivity contribution is 7.99. The van der Waals surface area contributed by atoms with E-state index in [2.05, 4.69) is 6.58 Å². The van der Waals surface area contributed by atoms with Crippen molar-refractivity contribution in [2.75, 3.05) is 38.2 Å². The van der Waals surface area contributed by atoms with Gasteiger partial charge in [-0.25, -0.2) is 0 Å². The predicted molar refractivity (Wildman–Crippen MR) is 105 cm³/mol. The zero-order valence-electron chi connectivity index (χ0n) is 15.9. The number of hydrogen-bond donors (Lipinski definition) is 0. The fourth-order valence-electron chi connectivity index (χ4n) is 4.54. The van der Waals surface area contributed by atoms with E-state index in [4.69, 9.17) is 4.74 Å². The Morgan fingerprint density at radius 1 is 1.37 bits per heavy atom. The zero-order chi connectivity index (χ0) is 19.4.